The van der Waals surface area contributed by atoms with E-state index in [2.05, 4.69) is 48.1 Å². The van der Waals surface area contributed by atoms with E-state index in [1.807, 2.05) is 7.05 Å². The van der Waals surface area contributed by atoms with Crippen molar-refractivity contribution in [2.75, 3.05) is 54.0 Å². The van der Waals surface area contributed by atoms with Crippen LogP contribution in [0.25, 0.3) is 0 Å². The summed E-state index contributed by atoms with van der Waals surface area (Å²) in [5.74, 6) is 1.03. The average Bonchev–Trinajstić information content (AvgIpc) is 3.01. The largest absolute Gasteiger partial charge is 0.381 e. The molecule has 2 aliphatic rings. The maximum Gasteiger partial charge on any atom is 0.193 e. The van der Waals surface area contributed by atoms with Crippen LogP contribution in [0.3, 0.4) is 0 Å². The second kappa shape index (κ2) is 7.46. The molecule has 0 radical (unpaired) electrons. The summed E-state index contributed by atoms with van der Waals surface area (Å²) in [6, 6.07) is 0. The average molecular weight is 410 g/mol. The fourth-order valence-corrected chi connectivity index (χ4v) is 2.87. The van der Waals surface area contributed by atoms with Gasteiger partial charge in [-0.2, -0.15) is 0 Å². The van der Waals surface area contributed by atoms with Crippen LogP contribution in [0.5, 0.6) is 0 Å². The van der Waals surface area contributed by atoms with Crippen LogP contribution in [0.2, 0.25) is 0 Å². The summed E-state index contributed by atoms with van der Waals surface area (Å²) in [4.78, 5) is 9.09. The highest BCUT2D eigenvalue weighted by atomic mass is 127. The van der Waals surface area contributed by atoms with Gasteiger partial charge in [0.25, 0.3) is 0 Å². The van der Waals surface area contributed by atoms with E-state index in [0.717, 1.165) is 38.8 Å². The maximum atomic E-state index is 5.60. The van der Waals surface area contributed by atoms with Gasteiger partial charge in [0, 0.05) is 44.2 Å². The normalized spacial score (nSPS) is 26.6. The molecule has 124 valence electrons. The van der Waals surface area contributed by atoms with Crippen LogP contribution >= 0.6 is 24.0 Å². The van der Waals surface area contributed by atoms with Crippen LogP contribution in [0.15, 0.2) is 4.99 Å². The summed E-state index contributed by atoms with van der Waals surface area (Å²) in [7, 11) is 6.11. The van der Waals surface area contributed by atoms with Crippen molar-refractivity contribution >= 4 is 29.9 Å². The van der Waals surface area contributed by atoms with Crippen molar-refractivity contribution in [2.24, 2.45) is 10.4 Å². The zero-order valence-electron chi connectivity index (χ0n) is 14.1. The summed E-state index contributed by atoms with van der Waals surface area (Å²) in [6.45, 7) is 9.39. The standard InChI is InChI=1S/C15H30N4O.HI/c1-14(2,18(4)5)10-17-13(16-3)19-8-6-15(11-19)7-9-20-12-15;/h6-12H2,1-5H3,(H,16,17);1H. The molecule has 1 unspecified atom stereocenters. The number of ether oxygens (including phenoxy) is 1. The van der Waals surface area contributed by atoms with Crippen molar-refractivity contribution in [1.82, 2.24) is 15.1 Å². The third-order valence-electron chi connectivity index (χ3n) is 5.02. The molecule has 1 N–H and O–H groups in total. The third kappa shape index (κ3) is 4.45. The number of nitrogens with zero attached hydrogens (tertiary/aromatic N) is 3. The number of likely N-dealkylation sites (tertiary alicyclic amines) is 1. The minimum atomic E-state index is 0. The van der Waals surface area contributed by atoms with Crippen molar-refractivity contribution in [2.45, 2.75) is 32.2 Å². The van der Waals surface area contributed by atoms with Gasteiger partial charge in [0.15, 0.2) is 5.96 Å². The lowest BCUT2D eigenvalue weighted by atomic mass is 9.87. The lowest BCUT2D eigenvalue weighted by Gasteiger charge is -2.34. The Hall–Kier alpha value is -0.0800. The number of halogens is 1. The number of hydrogen-bond acceptors (Lipinski definition) is 3. The maximum absolute atomic E-state index is 5.60. The minimum absolute atomic E-state index is 0. The smallest absolute Gasteiger partial charge is 0.193 e. The molecule has 1 atom stereocenters. The van der Waals surface area contributed by atoms with E-state index >= 15 is 0 Å². The molecule has 1 spiro atoms. The van der Waals surface area contributed by atoms with Crippen molar-refractivity contribution < 1.29 is 4.74 Å². The van der Waals surface area contributed by atoms with Crippen molar-refractivity contribution in [3.05, 3.63) is 0 Å². The number of hydrogen-bond donors (Lipinski definition) is 1. The summed E-state index contributed by atoms with van der Waals surface area (Å²) in [5, 5.41) is 3.53. The van der Waals surface area contributed by atoms with Gasteiger partial charge in [0.2, 0.25) is 0 Å². The molecule has 0 aliphatic carbocycles. The second-order valence-electron chi connectivity index (χ2n) is 7.08. The molecule has 2 aliphatic heterocycles. The topological polar surface area (TPSA) is 40.1 Å². The lowest BCUT2D eigenvalue weighted by molar-refractivity contribution is 0.156. The van der Waals surface area contributed by atoms with E-state index in [-0.39, 0.29) is 29.5 Å². The molecule has 0 aromatic carbocycles. The number of aliphatic imine (C=N–C) groups is 1. The van der Waals surface area contributed by atoms with Crippen LogP contribution in [-0.2, 0) is 4.74 Å². The minimum Gasteiger partial charge on any atom is -0.381 e. The third-order valence-corrected chi connectivity index (χ3v) is 5.02. The number of likely N-dealkylation sites (N-methyl/N-ethyl adjacent to an activating group) is 1. The predicted molar refractivity (Wildman–Crippen MR) is 98.6 cm³/mol. The fraction of sp³-hybridized carbons (Fsp3) is 0.933. The molecular formula is C15H31IN4O. The van der Waals surface area contributed by atoms with Crippen LogP contribution in [0.4, 0.5) is 0 Å². The molecule has 6 heteroatoms. The summed E-state index contributed by atoms with van der Waals surface area (Å²) < 4.78 is 5.60. The summed E-state index contributed by atoms with van der Waals surface area (Å²) in [5.41, 5.74) is 0.499. The highest BCUT2D eigenvalue weighted by Crippen LogP contribution is 2.38. The Morgan fingerprint density at radius 1 is 1.38 bits per heavy atom. The monoisotopic (exact) mass is 410 g/mol. The van der Waals surface area contributed by atoms with E-state index in [4.69, 9.17) is 4.74 Å². The number of nitrogens with one attached hydrogen (secondary N) is 1. The first-order valence-electron chi connectivity index (χ1n) is 7.59. The van der Waals surface area contributed by atoms with Gasteiger partial charge in [-0.3, -0.25) is 4.99 Å². The molecule has 0 amide bonds. The van der Waals surface area contributed by atoms with Gasteiger partial charge in [-0.05, 0) is 40.8 Å². The van der Waals surface area contributed by atoms with Crippen LogP contribution in [0.1, 0.15) is 26.7 Å². The van der Waals surface area contributed by atoms with E-state index in [1.54, 1.807) is 0 Å². The van der Waals surface area contributed by atoms with E-state index < -0.39 is 0 Å². The van der Waals surface area contributed by atoms with Gasteiger partial charge in [0.1, 0.15) is 0 Å². The van der Waals surface area contributed by atoms with Gasteiger partial charge in [-0.25, -0.2) is 0 Å². The Labute approximate surface area is 146 Å². The molecule has 21 heavy (non-hydrogen) atoms. The van der Waals surface area contributed by atoms with Crippen molar-refractivity contribution in [1.29, 1.82) is 0 Å². The zero-order valence-corrected chi connectivity index (χ0v) is 16.4. The fourth-order valence-electron chi connectivity index (χ4n) is 2.87. The molecule has 2 heterocycles. The quantitative estimate of drug-likeness (QED) is 0.436. The Kier molecular flexibility index (Phi) is 6.74. The molecule has 2 saturated heterocycles. The molecule has 0 saturated carbocycles. The Morgan fingerprint density at radius 3 is 2.62 bits per heavy atom. The number of rotatable bonds is 3. The van der Waals surface area contributed by atoms with Crippen LogP contribution < -0.4 is 5.32 Å². The first-order valence-corrected chi connectivity index (χ1v) is 7.59. The Bertz CT molecular complexity index is 365. The number of guanidine groups is 1. The predicted octanol–water partition coefficient (Wildman–Crippen LogP) is 1.63. The molecule has 2 fully saturated rings. The van der Waals surface area contributed by atoms with Crippen LogP contribution in [0, 0.1) is 5.41 Å². The highest BCUT2D eigenvalue weighted by molar-refractivity contribution is 14.0. The van der Waals surface area contributed by atoms with E-state index in [1.165, 1.54) is 12.8 Å². The Morgan fingerprint density at radius 2 is 2.10 bits per heavy atom. The van der Waals surface area contributed by atoms with Gasteiger partial charge in [0.05, 0.1) is 6.61 Å². The van der Waals surface area contributed by atoms with Crippen molar-refractivity contribution in [3.63, 3.8) is 0 Å². The highest BCUT2D eigenvalue weighted by Gasteiger charge is 2.42. The first-order chi connectivity index (χ1) is 9.38. The molecule has 5 nitrogen and oxygen atoms in total. The van der Waals surface area contributed by atoms with E-state index in [9.17, 15) is 0 Å². The SMILES string of the molecule is CN=C(NCC(C)(C)N(C)C)N1CCC2(CCOC2)C1.I. The van der Waals surface area contributed by atoms with Gasteiger partial charge in [-0.15, -0.1) is 24.0 Å². The summed E-state index contributed by atoms with van der Waals surface area (Å²) >= 11 is 0. The molecule has 2 rings (SSSR count). The van der Waals surface area contributed by atoms with Gasteiger partial charge < -0.3 is 19.9 Å². The van der Waals surface area contributed by atoms with Gasteiger partial charge >= 0.3 is 0 Å². The molecule has 0 aromatic heterocycles. The molecular weight excluding hydrogens is 379 g/mol. The van der Waals surface area contributed by atoms with Gasteiger partial charge in [-0.1, -0.05) is 0 Å². The van der Waals surface area contributed by atoms with E-state index in [0.29, 0.717) is 5.41 Å². The molecule has 0 bridgehead atoms. The van der Waals surface area contributed by atoms with Crippen molar-refractivity contribution in [3.8, 4) is 0 Å². The van der Waals surface area contributed by atoms with Crippen LogP contribution in [-0.4, -0.2) is 75.3 Å². The zero-order chi connectivity index (χ0) is 14.8. The second-order valence-corrected chi connectivity index (χ2v) is 7.08. The summed E-state index contributed by atoms with van der Waals surface area (Å²) in [6.07, 6.45) is 2.43. The molecule has 0 aromatic rings. The first kappa shape index (κ1) is 19.0. The lowest BCUT2D eigenvalue weighted by Crippen LogP contribution is -2.51. The Balaban J connectivity index is 0.00000220.